The van der Waals surface area contributed by atoms with Gasteiger partial charge in [0.1, 0.15) is 0 Å². The van der Waals surface area contributed by atoms with Crippen molar-refractivity contribution in [2.45, 2.75) is 0 Å². The first-order chi connectivity index (χ1) is 8.83. The van der Waals surface area contributed by atoms with Crippen molar-refractivity contribution < 1.29 is 0 Å². The van der Waals surface area contributed by atoms with E-state index in [2.05, 4.69) is 5.10 Å². The zero-order valence-electron chi connectivity index (χ0n) is 9.62. The Balaban J connectivity index is 1.97. The number of para-hydroxylation sites is 1. The lowest BCUT2D eigenvalue weighted by molar-refractivity contribution is 0.881. The molecule has 0 radical (unpaired) electrons. The Morgan fingerprint density at radius 3 is 2.28 bits per heavy atom. The molecule has 18 heavy (non-hydrogen) atoms. The summed E-state index contributed by atoms with van der Waals surface area (Å²) >= 11 is 5.88. The molecular formula is C15H11ClN2. The SMILES string of the molecule is Clc1ccc(-c2cnn(-c3ccccc3)c2)cc1. The highest BCUT2D eigenvalue weighted by Crippen LogP contribution is 2.21. The molecule has 3 aromatic rings. The molecule has 0 saturated carbocycles. The summed E-state index contributed by atoms with van der Waals surface area (Å²) < 4.78 is 1.87. The maximum Gasteiger partial charge on any atom is 0.0645 e. The number of halogens is 1. The van der Waals surface area contributed by atoms with E-state index >= 15 is 0 Å². The molecule has 0 aliphatic heterocycles. The Morgan fingerprint density at radius 1 is 0.833 bits per heavy atom. The quantitative estimate of drug-likeness (QED) is 0.670. The molecule has 3 rings (SSSR count). The van der Waals surface area contributed by atoms with Crippen molar-refractivity contribution in [3.05, 3.63) is 72.0 Å². The molecule has 0 aliphatic rings. The van der Waals surface area contributed by atoms with Gasteiger partial charge >= 0.3 is 0 Å². The highest BCUT2D eigenvalue weighted by Gasteiger charge is 2.02. The number of rotatable bonds is 2. The van der Waals surface area contributed by atoms with E-state index in [1.807, 2.05) is 71.7 Å². The maximum atomic E-state index is 5.88. The normalized spacial score (nSPS) is 10.5. The lowest BCUT2D eigenvalue weighted by atomic mass is 10.1. The van der Waals surface area contributed by atoms with Gasteiger partial charge in [0, 0.05) is 16.8 Å². The number of hydrogen-bond acceptors (Lipinski definition) is 1. The van der Waals surface area contributed by atoms with Gasteiger partial charge in [-0.3, -0.25) is 0 Å². The van der Waals surface area contributed by atoms with Crippen LogP contribution < -0.4 is 0 Å². The Kier molecular flexibility index (Phi) is 2.87. The van der Waals surface area contributed by atoms with Crippen molar-refractivity contribution in [3.8, 4) is 16.8 Å². The van der Waals surface area contributed by atoms with E-state index in [0.29, 0.717) is 0 Å². The second kappa shape index (κ2) is 4.67. The Hall–Kier alpha value is -2.06. The van der Waals surface area contributed by atoms with Crippen LogP contribution in [0.25, 0.3) is 16.8 Å². The minimum absolute atomic E-state index is 0.745. The number of aromatic nitrogens is 2. The van der Waals surface area contributed by atoms with Gasteiger partial charge in [-0.1, -0.05) is 41.9 Å². The van der Waals surface area contributed by atoms with Crippen LogP contribution >= 0.6 is 11.6 Å². The maximum absolute atomic E-state index is 5.88. The second-order valence-corrected chi connectivity index (χ2v) is 4.45. The van der Waals surface area contributed by atoms with Crippen LogP contribution in [0.15, 0.2) is 67.0 Å². The standard InChI is InChI=1S/C15H11ClN2/c16-14-8-6-12(7-9-14)13-10-17-18(11-13)15-4-2-1-3-5-15/h1-11H. The van der Waals surface area contributed by atoms with Gasteiger partial charge in [0.25, 0.3) is 0 Å². The van der Waals surface area contributed by atoms with Gasteiger partial charge < -0.3 is 0 Å². The largest absolute Gasteiger partial charge is 0.240 e. The molecule has 0 atom stereocenters. The first kappa shape index (κ1) is 11.1. The third kappa shape index (κ3) is 2.15. The van der Waals surface area contributed by atoms with Crippen molar-refractivity contribution in [1.82, 2.24) is 9.78 Å². The van der Waals surface area contributed by atoms with Gasteiger partial charge in [0.2, 0.25) is 0 Å². The van der Waals surface area contributed by atoms with E-state index in [-0.39, 0.29) is 0 Å². The molecule has 2 nitrogen and oxygen atoms in total. The lowest BCUT2D eigenvalue weighted by Crippen LogP contribution is -1.92. The van der Waals surface area contributed by atoms with E-state index in [9.17, 15) is 0 Å². The van der Waals surface area contributed by atoms with Crippen LogP contribution in [0.1, 0.15) is 0 Å². The average Bonchev–Trinajstić information content (AvgIpc) is 2.90. The number of hydrogen-bond donors (Lipinski definition) is 0. The molecule has 1 aromatic heterocycles. The highest BCUT2D eigenvalue weighted by atomic mass is 35.5. The smallest absolute Gasteiger partial charge is 0.0645 e. The average molecular weight is 255 g/mol. The van der Waals surface area contributed by atoms with Gasteiger partial charge in [0.05, 0.1) is 11.9 Å². The van der Waals surface area contributed by atoms with E-state index in [4.69, 9.17) is 11.6 Å². The van der Waals surface area contributed by atoms with Crippen LogP contribution in [0.5, 0.6) is 0 Å². The third-order valence-corrected chi connectivity index (χ3v) is 3.03. The van der Waals surface area contributed by atoms with E-state index in [1.165, 1.54) is 0 Å². The minimum atomic E-state index is 0.745. The first-order valence-corrected chi connectivity index (χ1v) is 6.07. The summed E-state index contributed by atoms with van der Waals surface area (Å²) in [7, 11) is 0. The fraction of sp³-hybridized carbons (Fsp3) is 0. The van der Waals surface area contributed by atoms with Gasteiger partial charge in [0.15, 0.2) is 0 Å². The molecule has 1 heterocycles. The monoisotopic (exact) mass is 254 g/mol. The summed E-state index contributed by atoms with van der Waals surface area (Å²) in [4.78, 5) is 0. The van der Waals surface area contributed by atoms with Gasteiger partial charge in [-0.15, -0.1) is 0 Å². The Bertz CT molecular complexity index is 642. The predicted octanol–water partition coefficient (Wildman–Crippen LogP) is 4.19. The first-order valence-electron chi connectivity index (χ1n) is 5.69. The molecule has 0 aliphatic carbocycles. The van der Waals surface area contributed by atoms with Crippen LogP contribution in [0.3, 0.4) is 0 Å². The van der Waals surface area contributed by atoms with Gasteiger partial charge in [-0.25, -0.2) is 4.68 Å². The van der Waals surface area contributed by atoms with E-state index in [0.717, 1.165) is 21.8 Å². The molecular weight excluding hydrogens is 244 g/mol. The summed E-state index contributed by atoms with van der Waals surface area (Å²) in [6.07, 6.45) is 3.87. The van der Waals surface area contributed by atoms with Crippen molar-refractivity contribution in [2.24, 2.45) is 0 Å². The van der Waals surface area contributed by atoms with Crippen LogP contribution in [0.2, 0.25) is 5.02 Å². The predicted molar refractivity (Wildman–Crippen MR) is 74.0 cm³/mol. The van der Waals surface area contributed by atoms with E-state index in [1.54, 1.807) is 0 Å². The van der Waals surface area contributed by atoms with Crippen LogP contribution in [0.4, 0.5) is 0 Å². The number of benzene rings is 2. The van der Waals surface area contributed by atoms with Crippen LogP contribution in [-0.4, -0.2) is 9.78 Å². The third-order valence-electron chi connectivity index (χ3n) is 2.78. The van der Waals surface area contributed by atoms with Crippen LogP contribution in [0, 0.1) is 0 Å². The van der Waals surface area contributed by atoms with Gasteiger partial charge in [-0.2, -0.15) is 5.10 Å². The molecule has 3 heteroatoms. The zero-order valence-corrected chi connectivity index (χ0v) is 10.4. The Morgan fingerprint density at radius 2 is 1.56 bits per heavy atom. The van der Waals surface area contributed by atoms with Crippen LogP contribution in [-0.2, 0) is 0 Å². The minimum Gasteiger partial charge on any atom is -0.240 e. The van der Waals surface area contributed by atoms with Crippen molar-refractivity contribution in [1.29, 1.82) is 0 Å². The molecule has 88 valence electrons. The molecule has 0 amide bonds. The lowest BCUT2D eigenvalue weighted by Gasteiger charge is -1.99. The molecule has 0 saturated heterocycles. The molecule has 0 bridgehead atoms. The molecule has 0 unspecified atom stereocenters. The fourth-order valence-corrected chi connectivity index (χ4v) is 1.96. The van der Waals surface area contributed by atoms with E-state index < -0.39 is 0 Å². The molecule has 2 aromatic carbocycles. The summed E-state index contributed by atoms with van der Waals surface area (Å²) in [5.74, 6) is 0. The van der Waals surface area contributed by atoms with Crippen molar-refractivity contribution in [2.75, 3.05) is 0 Å². The highest BCUT2D eigenvalue weighted by molar-refractivity contribution is 6.30. The second-order valence-electron chi connectivity index (χ2n) is 4.02. The zero-order chi connectivity index (χ0) is 12.4. The summed E-state index contributed by atoms with van der Waals surface area (Å²) in [5.41, 5.74) is 3.25. The van der Waals surface area contributed by atoms with Gasteiger partial charge in [-0.05, 0) is 29.8 Å². The topological polar surface area (TPSA) is 17.8 Å². The molecule has 0 N–H and O–H groups in total. The summed E-state index contributed by atoms with van der Waals surface area (Å²) in [6, 6.07) is 17.8. The molecule has 0 spiro atoms. The van der Waals surface area contributed by atoms with Crippen molar-refractivity contribution in [3.63, 3.8) is 0 Å². The summed E-state index contributed by atoms with van der Waals surface area (Å²) in [6.45, 7) is 0. The molecule has 0 fully saturated rings. The summed E-state index contributed by atoms with van der Waals surface area (Å²) in [5, 5.41) is 5.11. The van der Waals surface area contributed by atoms with Crippen molar-refractivity contribution >= 4 is 11.6 Å². The fourth-order valence-electron chi connectivity index (χ4n) is 1.84. The Labute approximate surface area is 110 Å². The number of nitrogens with zero attached hydrogens (tertiary/aromatic N) is 2.